The van der Waals surface area contributed by atoms with Crippen molar-refractivity contribution < 1.29 is 9.59 Å². The number of nitrogens with one attached hydrogen (secondary N) is 1. The predicted octanol–water partition coefficient (Wildman–Crippen LogP) is 6.97. The third kappa shape index (κ3) is 5.20. The van der Waals surface area contributed by atoms with Crippen molar-refractivity contribution in [2.24, 2.45) is 0 Å². The van der Waals surface area contributed by atoms with Crippen LogP contribution in [0, 0.1) is 0 Å². The lowest BCUT2D eigenvalue weighted by atomic mass is 9.87. The Labute approximate surface area is 206 Å². The van der Waals surface area contributed by atoms with Crippen LogP contribution in [0.5, 0.6) is 0 Å². The molecule has 1 heterocycles. The Morgan fingerprint density at radius 3 is 2.47 bits per heavy atom. The van der Waals surface area contributed by atoms with E-state index in [0.29, 0.717) is 11.3 Å². The number of hydrogen-bond donors (Lipinski definition) is 1. The third-order valence-corrected chi connectivity index (χ3v) is 7.29. The highest BCUT2D eigenvalue weighted by molar-refractivity contribution is 8.00. The Hall–Kier alpha value is -3.05. The summed E-state index contributed by atoms with van der Waals surface area (Å²) in [5.74, 6) is 0.423. The maximum atomic E-state index is 12.9. The molecule has 3 aromatic carbocycles. The molecule has 1 saturated heterocycles. The van der Waals surface area contributed by atoms with Gasteiger partial charge in [-0.25, -0.2) is 0 Å². The van der Waals surface area contributed by atoms with Crippen LogP contribution in [0.2, 0.25) is 0 Å². The van der Waals surface area contributed by atoms with Crippen molar-refractivity contribution in [1.29, 1.82) is 0 Å². The highest BCUT2D eigenvalue weighted by Crippen LogP contribution is 2.43. The third-order valence-electron chi connectivity index (χ3n) is 6.08. The lowest BCUT2D eigenvalue weighted by Crippen LogP contribution is -2.28. The fourth-order valence-electron chi connectivity index (χ4n) is 4.25. The Morgan fingerprint density at radius 2 is 1.76 bits per heavy atom. The molecule has 176 valence electrons. The second kappa shape index (κ2) is 10.1. The van der Waals surface area contributed by atoms with Crippen molar-refractivity contribution in [3.8, 4) is 0 Å². The molecule has 0 aromatic heterocycles. The first-order chi connectivity index (χ1) is 16.3. The molecular formula is C29H32N2O2S. The molecule has 0 radical (unpaired) electrons. The number of nitrogens with zero attached hydrogens (tertiary/aromatic N) is 1. The molecule has 1 fully saturated rings. The minimum atomic E-state index is -0.141. The van der Waals surface area contributed by atoms with Gasteiger partial charge in [-0.3, -0.25) is 14.5 Å². The number of amides is 2. The van der Waals surface area contributed by atoms with Crippen LogP contribution < -0.4 is 10.2 Å². The van der Waals surface area contributed by atoms with Gasteiger partial charge in [0.25, 0.3) is 5.91 Å². The van der Waals surface area contributed by atoms with Gasteiger partial charge in [-0.1, -0.05) is 76.6 Å². The standard InChI is InChI=1S/C29H32N2O2S/c1-5-9-20-10-6-7-13-25(20)31-26(32)19-34-28(31)22-11-8-12-24(18-22)30-27(33)21-14-16-23(17-15-21)29(2,3)4/h6-8,10-18,28H,5,9,19H2,1-4H3,(H,30,33). The molecule has 0 bridgehead atoms. The van der Waals surface area contributed by atoms with Crippen molar-refractivity contribution in [3.63, 3.8) is 0 Å². The largest absolute Gasteiger partial charge is 0.322 e. The Morgan fingerprint density at radius 1 is 1.03 bits per heavy atom. The molecule has 0 spiro atoms. The van der Waals surface area contributed by atoms with Gasteiger partial charge in [0.15, 0.2) is 0 Å². The summed E-state index contributed by atoms with van der Waals surface area (Å²) in [4.78, 5) is 27.7. The van der Waals surface area contributed by atoms with Crippen LogP contribution in [0.4, 0.5) is 11.4 Å². The summed E-state index contributed by atoms with van der Waals surface area (Å²) < 4.78 is 0. The van der Waals surface area contributed by atoms with Crippen molar-refractivity contribution >= 4 is 35.0 Å². The van der Waals surface area contributed by atoms with E-state index in [1.807, 2.05) is 71.6 Å². The number of benzene rings is 3. The normalized spacial score (nSPS) is 16.1. The van der Waals surface area contributed by atoms with Crippen molar-refractivity contribution in [2.45, 2.75) is 51.3 Å². The average Bonchev–Trinajstić information content (AvgIpc) is 3.20. The first-order valence-corrected chi connectivity index (χ1v) is 12.9. The summed E-state index contributed by atoms with van der Waals surface area (Å²) in [7, 11) is 0. The zero-order chi connectivity index (χ0) is 24.3. The number of carbonyl (C=O) groups is 2. The molecule has 1 aliphatic rings. The van der Waals surface area contributed by atoms with Gasteiger partial charge in [0, 0.05) is 16.9 Å². The Kier molecular flexibility index (Phi) is 7.13. The van der Waals surface area contributed by atoms with Gasteiger partial charge in [0.05, 0.1) is 5.75 Å². The fraction of sp³-hybridized carbons (Fsp3) is 0.310. The Bertz CT molecular complexity index is 1180. The average molecular weight is 473 g/mol. The number of carbonyl (C=O) groups excluding carboxylic acids is 2. The predicted molar refractivity (Wildman–Crippen MR) is 143 cm³/mol. The lowest BCUT2D eigenvalue weighted by Gasteiger charge is -2.27. The van der Waals surface area contributed by atoms with Crippen LogP contribution in [-0.2, 0) is 16.6 Å². The van der Waals surface area contributed by atoms with Crippen LogP contribution in [-0.4, -0.2) is 17.6 Å². The van der Waals surface area contributed by atoms with E-state index >= 15 is 0 Å². The van der Waals surface area contributed by atoms with E-state index in [-0.39, 0.29) is 22.6 Å². The van der Waals surface area contributed by atoms with Crippen LogP contribution >= 0.6 is 11.8 Å². The maximum Gasteiger partial charge on any atom is 0.255 e. The Balaban J connectivity index is 1.56. The van der Waals surface area contributed by atoms with Crippen molar-refractivity contribution in [3.05, 3.63) is 95.1 Å². The molecule has 0 aliphatic carbocycles. The molecular weight excluding hydrogens is 440 g/mol. The molecule has 1 atom stereocenters. The number of para-hydroxylation sites is 1. The van der Waals surface area contributed by atoms with Gasteiger partial charge in [-0.2, -0.15) is 0 Å². The smallest absolute Gasteiger partial charge is 0.255 e. The molecule has 4 nitrogen and oxygen atoms in total. The molecule has 1 aliphatic heterocycles. The number of rotatable bonds is 6. The molecule has 0 saturated carbocycles. The van der Waals surface area contributed by atoms with Gasteiger partial charge in [-0.15, -0.1) is 11.8 Å². The maximum absolute atomic E-state index is 12.9. The van der Waals surface area contributed by atoms with Gasteiger partial charge in [0.1, 0.15) is 5.37 Å². The van der Waals surface area contributed by atoms with Crippen LogP contribution in [0.3, 0.4) is 0 Å². The summed E-state index contributed by atoms with van der Waals surface area (Å²) in [5.41, 5.74) is 5.76. The van der Waals surface area contributed by atoms with Crippen LogP contribution in [0.1, 0.15) is 66.5 Å². The van der Waals surface area contributed by atoms with E-state index in [1.54, 1.807) is 11.8 Å². The zero-order valence-corrected chi connectivity index (χ0v) is 21.1. The zero-order valence-electron chi connectivity index (χ0n) is 20.3. The van der Waals surface area contributed by atoms with Gasteiger partial charge < -0.3 is 5.32 Å². The molecule has 1 unspecified atom stereocenters. The molecule has 5 heteroatoms. The molecule has 1 N–H and O–H groups in total. The van der Waals surface area contributed by atoms with Gasteiger partial charge in [-0.05, 0) is 58.9 Å². The molecule has 3 aromatic rings. The summed E-state index contributed by atoms with van der Waals surface area (Å²) in [5, 5.41) is 2.91. The second-order valence-electron chi connectivity index (χ2n) is 9.71. The number of thioether (sulfide) groups is 1. The van der Waals surface area contributed by atoms with Crippen molar-refractivity contribution in [2.75, 3.05) is 16.0 Å². The van der Waals surface area contributed by atoms with E-state index < -0.39 is 0 Å². The number of aryl methyl sites for hydroxylation is 1. The summed E-state index contributed by atoms with van der Waals surface area (Å²) in [6.07, 6.45) is 1.95. The second-order valence-corrected chi connectivity index (χ2v) is 10.8. The van der Waals surface area contributed by atoms with E-state index in [1.165, 1.54) is 11.1 Å². The quantitative estimate of drug-likeness (QED) is 0.421. The highest BCUT2D eigenvalue weighted by Gasteiger charge is 2.35. The molecule has 34 heavy (non-hydrogen) atoms. The number of hydrogen-bond acceptors (Lipinski definition) is 3. The van der Waals surface area contributed by atoms with E-state index in [0.717, 1.165) is 29.8 Å². The van der Waals surface area contributed by atoms with Crippen molar-refractivity contribution in [1.82, 2.24) is 0 Å². The summed E-state index contributed by atoms with van der Waals surface area (Å²) >= 11 is 1.62. The monoisotopic (exact) mass is 472 g/mol. The van der Waals surface area contributed by atoms with Gasteiger partial charge >= 0.3 is 0 Å². The first kappa shape index (κ1) is 24.1. The summed E-state index contributed by atoms with van der Waals surface area (Å²) in [6.45, 7) is 8.62. The van der Waals surface area contributed by atoms with Crippen LogP contribution in [0.15, 0.2) is 72.8 Å². The summed E-state index contributed by atoms with van der Waals surface area (Å²) in [6, 6.07) is 23.8. The number of anilines is 2. The topological polar surface area (TPSA) is 49.4 Å². The van der Waals surface area contributed by atoms with E-state index in [4.69, 9.17) is 0 Å². The lowest BCUT2D eigenvalue weighted by molar-refractivity contribution is -0.115. The van der Waals surface area contributed by atoms with Gasteiger partial charge in [0.2, 0.25) is 5.91 Å². The highest BCUT2D eigenvalue weighted by atomic mass is 32.2. The van der Waals surface area contributed by atoms with E-state index in [9.17, 15) is 9.59 Å². The molecule has 4 rings (SSSR count). The minimum absolute atomic E-state index is 0.0430. The SMILES string of the molecule is CCCc1ccccc1N1C(=O)CSC1c1cccc(NC(=O)c2ccc(C(C)(C)C)cc2)c1. The molecule has 2 amide bonds. The fourth-order valence-corrected chi connectivity index (χ4v) is 5.41. The van der Waals surface area contributed by atoms with Crippen LogP contribution in [0.25, 0.3) is 0 Å². The first-order valence-electron chi connectivity index (χ1n) is 11.8. The minimum Gasteiger partial charge on any atom is -0.322 e. The van der Waals surface area contributed by atoms with E-state index in [2.05, 4.69) is 39.1 Å².